The number of nitrogens with one attached hydrogen (secondary N) is 2. The molecule has 0 radical (unpaired) electrons. The number of carbonyl (C=O) groups excluding carboxylic acids is 2. The maximum absolute atomic E-state index is 12.4. The molecule has 0 aliphatic heterocycles. The third kappa shape index (κ3) is 6.07. The summed E-state index contributed by atoms with van der Waals surface area (Å²) in [6.45, 7) is 2.18. The smallest absolute Gasteiger partial charge is 0.271 e. The first-order chi connectivity index (χ1) is 15.5. The van der Waals surface area contributed by atoms with Crippen molar-refractivity contribution in [1.29, 1.82) is 0 Å². The normalized spacial score (nSPS) is 11.2. The van der Waals surface area contributed by atoms with Gasteiger partial charge in [0.05, 0.1) is 20.6 Å². The summed E-state index contributed by atoms with van der Waals surface area (Å²) in [5.41, 5.74) is 4.57. The molecule has 0 bridgehead atoms. The molecule has 32 heavy (non-hydrogen) atoms. The lowest BCUT2D eigenvalue weighted by molar-refractivity contribution is -0.119. The van der Waals surface area contributed by atoms with Gasteiger partial charge in [-0.3, -0.25) is 9.59 Å². The Morgan fingerprint density at radius 1 is 0.906 bits per heavy atom. The lowest BCUT2D eigenvalue weighted by Gasteiger charge is -2.10. The van der Waals surface area contributed by atoms with Crippen LogP contribution in [0.4, 0.5) is 0 Å². The van der Waals surface area contributed by atoms with Gasteiger partial charge < -0.3 is 14.8 Å². The molecule has 0 unspecified atom stereocenters. The molecular weight excluding hydrogens is 406 g/mol. The second kappa shape index (κ2) is 10.9. The fraction of sp³-hybridized carbons (Fsp3) is 0.240. The summed E-state index contributed by atoms with van der Waals surface area (Å²) in [6, 6.07) is 18.9. The van der Waals surface area contributed by atoms with Crippen LogP contribution in [0.5, 0.6) is 11.5 Å². The number of hydrogen-bond donors (Lipinski definition) is 2. The highest BCUT2D eigenvalue weighted by molar-refractivity contribution is 6.02. The molecule has 0 heterocycles. The van der Waals surface area contributed by atoms with E-state index in [9.17, 15) is 9.59 Å². The predicted molar refractivity (Wildman–Crippen MR) is 125 cm³/mol. The van der Waals surface area contributed by atoms with E-state index in [0.29, 0.717) is 35.7 Å². The molecule has 3 aromatic rings. The average Bonchev–Trinajstić information content (AvgIpc) is 2.82. The Morgan fingerprint density at radius 3 is 2.41 bits per heavy atom. The highest BCUT2D eigenvalue weighted by Gasteiger charge is 2.08. The maximum Gasteiger partial charge on any atom is 0.271 e. The topological polar surface area (TPSA) is 89.0 Å². The molecule has 7 nitrogen and oxygen atoms in total. The van der Waals surface area contributed by atoms with Crippen LogP contribution in [0.25, 0.3) is 10.8 Å². The first-order valence-electron chi connectivity index (χ1n) is 10.3. The van der Waals surface area contributed by atoms with Crippen LogP contribution in [0.15, 0.2) is 65.8 Å². The van der Waals surface area contributed by atoms with Crippen LogP contribution in [0, 0.1) is 0 Å². The van der Waals surface area contributed by atoms with Gasteiger partial charge in [0.15, 0.2) is 11.5 Å². The minimum atomic E-state index is -0.316. The Bertz CT molecular complexity index is 1140. The Kier molecular flexibility index (Phi) is 7.80. The first kappa shape index (κ1) is 22.8. The van der Waals surface area contributed by atoms with Crippen molar-refractivity contribution >= 4 is 28.3 Å². The minimum absolute atomic E-state index is 0.101. The van der Waals surface area contributed by atoms with Crippen molar-refractivity contribution in [2.24, 2.45) is 5.10 Å². The summed E-state index contributed by atoms with van der Waals surface area (Å²) in [7, 11) is 3.18. The second-order valence-electron chi connectivity index (χ2n) is 7.32. The lowest BCUT2D eigenvalue weighted by atomic mass is 10.1. The number of hydrogen-bond acceptors (Lipinski definition) is 5. The average molecular weight is 434 g/mol. The van der Waals surface area contributed by atoms with E-state index in [-0.39, 0.29) is 18.2 Å². The quantitative estimate of drug-likeness (QED) is 0.398. The van der Waals surface area contributed by atoms with Gasteiger partial charge in [0.2, 0.25) is 5.91 Å². The number of carbonyl (C=O) groups is 2. The standard InChI is InChI=1S/C25H27N3O4/c1-17(27-28-25(30)21-10-9-19-6-4-5-7-20(19)16-21)14-24(29)26-13-12-18-8-11-22(31-2)23(15-18)32-3/h4-11,15-16H,12-14H2,1-3H3,(H,26,29)(H,28,30)/b27-17+. The fourth-order valence-electron chi connectivity index (χ4n) is 3.26. The molecule has 2 amide bonds. The molecule has 0 saturated heterocycles. The number of hydrazone groups is 1. The zero-order chi connectivity index (χ0) is 22.9. The third-order valence-corrected chi connectivity index (χ3v) is 4.96. The predicted octanol–water partition coefficient (Wildman–Crippen LogP) is 3.71. The van der Waals surface area contributed by atoms with Crippen molar-refractivity contribution in [3.63, 3.8) is 0 Å². The number of methoxy groups -OCH3 is 2. The van der Waals surface area contributed by atoms with Gasteiger partial charge in [-0.05, 0) is 53.9 Å². The summed E-state index contributed by atoms with van der Waals surface area (Å²) >= 11 is 0. The molecule has 3 rings (SSSR count). The number of amides is 2. The zero-order valence-electron chi connectivity index (χ0n) is 18.5. The SMILES string of the molecule is COc1ccc(CCNC(=O)C/C(C)=N/NC(=O)c2ccc3ccccc3c2)cc1OC. The van der Waals surface area contributed by atoms with Gasteiger partial charge >= 0.3 is 0 Å². The largest absolute Gasteiger partial charge is 0.493 e. The summed E-state index contributed by atoms with van der Waals surface area (Å²) in [5.74, 6) is 0.843. The van der Waals surface area contributed by atoms with E-state index in [4.69, 9.17) is 9.47 Å². The third-order valence-electron chi connectivity index (χ3n) is 4.96. The van der Waals surface area contributed by atoms with E-state index in [1.54, 1.807) is 27.2 Å². The molecule has 3 aromatic carbocycles. The minimum Gasteiger partial charge on any atom is -0.493 e. The van der Waals surface area contributed by atoms with Crippen LogP contribution in [0.2, 0.25) is 0 Å². The van der Waals surface area contributed by atoms with Crippen molar-refractivity contribution in [3.8, 4) is 11.5 Å². The molecule has 0 aliphatic carbocycles. The van der Waals surface area contributed by atoms with Crippen molar-refractivity contribution in [2.75, 3.05) is 20.8 Å². The Morgan fingerprint density at radius 2 is 1.66 bits per heavy atom. The van der Waals surface area contributed by atoms with Crippen LogP contribution in [-0.4, -0.2) is 38.3 Å². The fourth-order valence-corrected chi connectivity index (χ4v) is 3.26. The van der Waals surface area contributed by atoms with Gasteiger partial charge in [0, 0.05) is 17.8 Å². The molecule has 0 spiro atoms. The number of rotatable bonds is 9. The molecule has 0 aliphatic rings. The maximum atomic E-state index is 12.4. The molecule has 7 heteroatoms. The van der Waals surface area contributed by atoms with Gasteiger partial charge in [0.25, 0.3) is 5.91 Å². The Balaban J connectivity index is 1.46. The summed E-state index contributed by atoms with van der Waals surface area (Å²) in [4.78, 5) is 24.5. The number of ether oxygens (including phenoxy) is 2. The molecule has 0 saturated carbocycles. The van der Waals surface area contributed by atoms with Gasteiger partial charge in [-0.15, -0.1) is 0 Å². The molecule has 0 atom stereocenters. The monoisotopic (exact) mass is 433 g/mol. The van der Waals surface area contributed by atoms with E-state index >= 15 is 0 Å². The second-order valence-corrected chi connectivity index (χ2v) is 7.32. The van der Waals surface area contributed by atoms with Crippen LogP contribution < -0.4 is 20.2 Å². The molecular formula is C25H27N3O4. The van der Waals surface area contributed by atoms with Gasteiger partial charge in [-0.2, -0.15) is 5.10 Å². The van der Waals surface area contributed by atoms with Crippen molar-refractivity contribution in [2.45, 2.75) is 19.8 Å². The molecule has 0 fully saturated rings. The lowest BCUT2D eigenvalue weighted by Crippen LogP contribution is -2.28. The van der Waals surface area contributed by atoms with Crippen LogP contribution in [0.1, 0.15) is 29.3 Å². The molecule has 166 valence electrons. The van der Waals surface area contributed by atoms with Crippen LogP contribution in [0.3, 0.4) is 0 Å². The highest BCUT2D eigenvalue weighted by Crippen LogP contribution is 2.27. The summed E-state index contributed by atoms with van der Waals surface area (Å²) in [6.07, 6.45) is 0.755. The Hall–Kier alpha value is -3.87. The van der Waals surface area contributed by atoms with Crippen LogP contribution in [-0.2, 0) is 11.2 Å². The van der Waals surface area contributed by atoms with E-state index in [2.05, 4.69) is 15.8 Å². The first-order valence-corrected chi connectivity index (χ1v) is 10.3. The number of nitrogens with zero attached hydrogens (tertiary/aromatic N) is 1. The van der Waals surface area contributed by atoms with E-state index in [1.165, 1.54) is 0 Å². The van der Waals surface area contributed by atoms with Crippen LogP contribution >= 0.6 is 0 Å². The van der Waals surface area contributed by atoms with Crippen molar-refractivity contribution in [1.82, 2.24) is 10.7 Å². The summed E-state index contributed by atoms with van der Waals surface area (Å²) in [5, 5.41) is 8.96. The van der Waals surface area contributed by atoms with Gasteiger partial charge in [-0.1, -0.05) is 36.4 Å². The number of benzene rings is 3. The van der Waals surface area contributed by atoms with Gasteiger partial charge in [-0.25, -0.2) is 5.43 Å². The summed E-state index contributed by atoms with van der Waals surface area (Å²) < 4.78 is 10.5. The number of fused-ring (bicyclic) bond motifs is 1. The zero-order valence-corrected chi connectivity index (χ0v) is 18.5. The van der Waals surface area contributed by atoms with Crippen molar-refractivity contribution < 1.29 is 19.1 Å². The van der Waals surface area contributed by atoms with Gasteiger partial charge in [0.1, 0.15) is 0 Å². The van der Waals surface area contributed by atoms with E-state index < -0.39 is 0 Å². The molecule has 0 aromatic heterocycles. The molecule has 2 N–H and O–H groups in total. The van der Waals surface area contributed by atoms with E-state index in [0.717, 1.165) is 16.3 Å². The Labute approximate surface area is 187 Å². The highest BCUT2D eigenvalue weighted by atomic mass is 16.5. The van der Waals surface area contributed by atoms with E-state index in [1.807, 2.05) is 54.6 Å². The van der Waals surface area contributed by atoms with Crippen molar-refractivity contribution in [3.05, 3.63) is 71.8 Å².